The molecule has 4 N–H and O–H groups in total. The van der Waals surface area contributed by atoms with Crippen LogP contribution in [-0.2, 0) is 4.74 Å². The first-order valence-electron chi connectivity index (χ1n) is 7.26. The van der Waals surface area contributed by atoms with Gasteiger partial charge in [0.05, 0.1) is 6.10 Å². The zero-order valence-corrected chi connectivity index (χ0v) is 13.5. The monoisotopic (exact) mass is 312 g/mol. The molecular weight excluding hydrogens is 287 g/mol. The Bertz CT molecular complexity index is 515. The second-order valence-corrected chi connectivity index (χ2v) is 6.35. The molecule has 0 radical (unpaired) electrons. The fraction of sp³-hybridized carbons (Fsp3) is 0.562. The summed E-state index contributed by atoms with van der Waals surface area (Å²) in [4.78, 5) is 11.5. The predicted octanol–water partition coefficient (Wildman–Crippen LogP) is 2.41. The molecule has 1 rings (SSSR count). The molecule has 124 valence electrons. The second kappa shape index (κ2) is 7.56. The number of benzene rings is 1. The number of halogens is 1. The Morgan fingerprint density at radius 3 is 2.64 bits per heavy atom. The smallest absolute Gasteiger partial charge is 0.407 e. The highest BCUT2D eigenvalue weighted by molar-refractivity contribution is 5.67. The van der Waals surface area contributed by atoms with Crippen molar-refractivity contribution in [3.63, 3.8) is 0 Å². The van der Waals surface area contributed by atoms with Gasteiger partial charge >= 0.3 is 6.09 Å². The lowest BCUT2D eigenvalue weighted by molar-refractivity contribution is 0.0521. The lowest BCUT2D eigenvalue weighted by Gasteiger charge is -2.22. The van der Waals surface area contributed by atoms with Crippen molar-refractivity contribution >= 4 is 6.09 Å². The molecule has 0 saturated carbocycles. The summed E-state index contributed by atoms with van der Waals surface area (Å²) >= 11 is 0. The van der Waals surface area contributed by atoms with E-state index < -0.39 is 29.7 Å². The molecule has 22 heavy (non-hydrogen) atoms. The van der Waals surface area contributed by atoms with Crippen LogP contribution < -0.4 is 11.1 Å². The molecule has 1 amide bonds. The first-order valence-corrected chi connectivity index (χ1v) is 7.26. The average molecular weight is 312 g/mol. The molecule has 2 atom stereocenters. The Kier molecular flexibility index (Phi) is 6.32. The first-order chi connectivity index (χ1) is 10.1. The summed E-state index contributed by atoms with van der Waals surface area (Å²) < 4.78 is 18.9. The Hall–Kier alpha value is -1.66. The molecule has 0 bridgehead atoms. The molecule has 1 aromatic carbocycles. The molecule has 0 fully saturated rings. The van der Waals surface area contributed by atoms with Gasteiger partial charge in [-0.3, -0.25) is 0 Å². The molecule has 1 aromatic rings. The van der Waals surface area contributed by atoms with Crippen LogP contribution in [0.15, 0.2) is 18.2 Å². The van der Waals surface area contributed by atoms with Crippen molar-refractivity contribution in [1.82, 2.24) is 5.32 Å². The Labute approximate surface area is 130 Å². The molecule has 0 heterocycles. The van der Waals surface area contributed by atoms with Gasteiger partial charge in [0.2, 0.25) is 0 Å². The Morgan fingerprint density at radius 1 is 1.45 bits per heavy atom. The lowest BCUT2D eigenvalue weighted by Crippen LogP contribution is -2.37. The summed E-state index contributed by atoms with van der Waals surface area (Å²) in [5.41, 5.74) is 6.22. The van der Waals surface area contributed by atoms with Crippen molar-refractivity contribution in [3.05, 3.63) is 35.1 Å². The largest absolute Gasteiger partial charge is 0.444 e. The Morgan fingerprint density at radius 2 is 2.09 bits per heavy atom. The molecule has 0 aliphatic heterocycles. The van der Waals surface area contributed by atoms with Crippen LogP contribution in [0.5, 0.6) is 0 Å². The van der Waals surface area contributed by atoms with Crippen LogP contribution in [0.3, 0.4) is 0 Å². The van der Waals surface area contributed by atoms with Gasteiger partial charge in [-0.1, -0.05) is 12.1 Å². The minimum absolute atomic E-state index is 0.162. The Balaban J connectivity index is 2.48. The van der Waals surface area contributed by atoms with Crippen molar-refractivity contribution in [2.24, 2.45) is 5.73 Å². The van der Waals surface area contributed by atoms with E-state index in [2.05, 4.69) is 5.32 Å². The van der Waals surface area contributed by atoms with E-state index >= 15 is 0 Å². The highest BCUT2D eigenvalue weighted by Crippen LogP contribution is 2.21. The number of hydrogen-bond acceptors (Lipinski definition) is 4. The molecule has 0 aliphatic rings. The van der Waals surface area contributed by atoms with E-state index in [-0.39, 0.29) is 12.1 Å². The van der Waals surface area contributed by atoms with E-state index in [9.17, 15) is 14.3 Å². The average Bonchev–Trinajstić information content (AvgIpc) is 2.35. The van der Waals surface area contributed by atoms with Crippen LogP contribution in [0.4, 0.5) is 9.18 Å². The summed E-state index contributed by atoms with van der Waals surface area (Å²) in [5, 5.41) is 12.7. The first kappa shape index (κ1) is 18.4. The SMILES string of the molecule is Cc1ccc(C(O)C(N)CCNC(=O)OC(C)(C)C)c(F)c1. The number of nitrogens with one attached hydrogen (secondary N) is 1. The van der Waals surface area contributed by atoms with Gasteiger partial charge < -0.3 is 20.9 Å². The van der Waals surface area contributed by atoms with Gasteiger partial charge in [0.15, 0.2) is 0 Å². The third-order valence-corrected chi connectivity index (χ3v) is 3.03. The lowest BCUT2D eigenvalue weighted by atomic mass is 9.99. The molecular formula is C16H25FN2O3. The number of rotatable bonds is 5. The fourth-order valence-electron chi connectivity index (χ4n) is 1.92. The van der Waals surface area contributed by atoms with Crippen LogP contribution in [-0.4, -0.2) is 29.4 Å². The number of nitrogens with two attached hydrogens (primary N) is 1. The van der Waals surface area contributed by atoms with Crippen LogP contribution >= 0.6 is 0 Å². The van der Waals surface area contributed by atoms with Crippen molar-refractivity contribution in [3.8, 4) is 0 Å². The third-order valence-electron chi connectivity index (χ3n) is 3.03. The van der Waals surface area contributed by atoms with Crippen molar-refractivity contribution in [2.45, 2.75) is 51.9 Å². The molecule has 0 aliphatic carbocycles. The van der Waals surface area contributed by atoms with Gasteiger partial charge in [-0.15, -0.1) is 0 Å². The third kappa shape index (κ3) is 5.99. The number of hydrogen-bond donors (Lipinski definition) is 3. The quantitative estimate of drug-likeness (QED) is 0.779. The van der Waals surface area contributed by atoms with E-state index in [4.69, 9.17) is 10.5 Å². The maximum Gasteiger partial charge on any atom is 0.407 e. The number of aliphatic hydroxyl groups is 1. The topological polar surface area (TPSA) is 84.6 Å². The number of aryl methyl sites for hydroxylation is 1. The molecule has 2 unspecified atom stereocenters. The molecule has 0 saturated heterocycles. The summed E-state index contributed by atoms with van der Waals surface area (Å²) in [6, 6.07) is 3.90. The fourth-order valence-corrected chi connectivity index (χ4v) is 1.92. The zero-order valence-electron chi connectivity index (χ0n) is 13.5. The molecule has 6 heteroatoms. The van der Waals surface area contributed by atoms with Crippen LogP contribution in [0.2, 0.25) is 0 Å². The highest BCUT2D eigenvalue weighted by atomic mass is 19.1. The maximum atomic E-state index is 13.8. The van der Waals surface area contributed by atoms with E-state index in [1.54, 1.807) is 33.8 Å². The van der Waals surface area contributed by atoms with E-state index in [1.165, 1.54) is 12.1 Å². The van der Waals surface area contributed by atoms with Crippen LogP contribution in [0, 0.1) is 12.7 Å². The maximum absolute atomic E-state index is 13.8. The summed E-state index contributed by atoms with van der Waals surface area (Å²) in [7, 11) is 0. The summed E-state index contributed by atoms with van der Waals surface area (Å²) in [5.74, 6) is -0.483. The van der Waals surface area contributed by atoms with E-state index in [0.29, 0.717) is 6.42 Å². The number of carbonyl (C=O) groups is 1. The van der Waals surface area contributed by atoms with Gasteiger partial charge in [-0.05, 0) is 45.7 Å². The molecule has 0 spiro atoms. The minimum atomic E-state index is -1.12. The number of carbonyl (C=O) groups excluding carboxylic acids is 1. The van der Waals surface area contributed by atoms with Crippen LogP contribution in [0.1, 0.15) is 44.4 Å². The standard InChI is InChI=1S/C16H25FN2O3/c1-10-5-6-11(12(17)9-10)14(20)13(18)7-8-19-15(21)22-16(2,3)4/h5-6,9,13-14,20H,7-8,18H2,1-4H3,(H,19,21). The van der Waals surface area contributed by atoms with Crippen molar-refractivity contribution < 1.29 is 19.0 Å². The van der Waals surface area contributed by atoms with Gasteiger partial charge in [0.25, 0.3) is 0 Å². The van der Waals surface area contributed by atoms with Gasteiger partial charge in [-0.25, -0.2) is 9.18 Å². The van der Waals surface area contributed by atoms with Gasteiger partial charge in [-0.2, -0.15) is 0 Å². The number of aliphatic hydroxyl groups excluding tert-OH is 1. The minimum Gasteiger partial charge on any atom is -0.444 e. The van der Waals surface area contributed by atoms with Crippen LogP contribution in [0.25, 0.3) is 0 Å². The van der Waals surface area contributed by atoms with E-state index in [0.717, 1.165) is 5.56 Å². The van der Waals surface area contributed by atoms with Crippen molar-refractivity contribution in [1.29, 1.82) is 0 Å². The number of ether oxygens (including phenoxy) is 1. The highest BCUT2D eigenvalue weighted by Gasteiger charge is 2.21. The summed E-state index contributed by atoms with van der Waals surface area (Å²) in [6.07, 6.45) is -1.37. The van der Waals surface area contributed by atoms with Gasteiger partial charge in [0, 0.05) is 18.2 Å². The molecule has 0 aromatic heterocycles. The van der Waals surface area contributed by atoms with Crippen molar-refractivity contribution in [2.75, 3.05) is 6.54 Å². The predicted molar refractivity (Wildman–Crippen MR) is 82.9 cm³/mol. The molecule has 5 nitrogen and oxygen atoms in total. The number of amides is 1. The summed E-state index contributed by atoms with van der Waals surface area (Å²) in [6.45, 7) is 7.30. The second-order valence-electron chi connectivity index (χ2n) is 6.35. The van der Waals surface area contributed by atoms with Gasteiger partial charge in [0.1, 0.15) is 11.4 Å². The van der Waals surface area contributed by atoms with E-state index in [1.807, 2.05) is 0 Å². The normalized spacial score (nSPS) is 14.3. The number of alkyl carbamates (subject to hydrolysis) is 1. The zero-order chi connectivity index (χ0) is 16.9.